The number of likely N-dealkylation sites (tertiary alicyclic amines) is 1. The number of imidazole rings is 1. The lowest BCUT2D eigenvalue weighted by Crippen LogP contribution is -2.34. The minimum absolute atomic E-state index is 0.634. The van der Waals surface area contributed by atoms with E-state index in [-0.39, 0.29) is 0 Å². The summed E-state index contributed by atoms with van der Waals surface area (Å²) in [4.78, 5) is 12.8. The first kappa shape index (κ1) is 13.4. The van der Waals surface area contributed by atoms with Gasteiger partial charge >= 0.3 is 0 Å². The van der Waals surface area contributed by atoms with Gasteiger partial charge in [0.05, 0.1) is 17.6 Å². The summed E-state index contributed by atoms with van der Waals surface area (Å²) in [5.74, 6) is 1.72. The van der Waals surface area contributed by atoms with Crippen molar-refractivity contribution in [3.05, 3.63) is 24.0 Å². The van der Waals surface area contributed by atoms with Crippen molar-refractivity contribution >= 4 is 16.7 Å². The van der Waals surface area contributed by atoms with Crippen LogP contribution in [-0.2, 0) is 6.54 Å². The van der Waals surface area contributed by atoms with Crippen LogP contribution in [0.15, 0.2) is 18.2 Å². The highest BCUT2D eigenvalue weighted by Crippen LogP contribution is 2.22. The van der Waals surface area contributed by atoms with Crippen molar-refractivity contribution in [2.45, 2.75) is 19.5 Å². The van der Waals surface area contributed by atoms with E-state index in [0.29, 0.717) is 12.0 Å². The number of likely N-dealkylation sites (N-methyl/N-ethyl adjacent to an activating group) is 1. The highest BCUT2D eigenvalue weighted by Gasteiger charge is 2.31. The zero-order chi connectivity index (χ0) is 14.3. The van der Waals surface area contributed by atoms with E-state index in [1.165, 1.54) is 0 Å². The van der Waals surface area contributed by atoms with Gasteiger partial charge in [-0.25, -0.2) is 4.98 Å². The first-order valence-electron chi connectivity index (χ1n) is 7.16. The minimum Gasteiger partial charge on any atom is -0.399 e. The number of fused-ring (bicyclic) bond motifs is 1. The van der Waals surface area contributed by atoms with Crippen molar-refractivity contribution < 1.29 is 0 Å². The fourth-order valence-electron chi connectivity index (χ4n) is 3.22. The molecule has 108 valence electrons. The molecule has 5 heteroatoms. The van der Waals surface area contributed by atoms with Gasteiger partial charge in [-0.3, -0.25) is 4.90 Å². The molecule has 1 aromatic carbocycles. The Balaban J connectivity index is 1.74. The summed E-state index contributed by atoms with van der Waals surface area (Å²) < 4.78 is 0. The van der Waals surface area contributed by atoms with Gasteiger partial charge in [0.15, 0.2) is 0 Å². The maximum atomic E-state index is 5.80. The lowest BCUT2D eigenvalue weighted by Gasteiger charge is -2.22. The summed E-state index contributed by atoms with van der Waals surface area (Å²) in [5, 5.41) is 0. The summed E-state index contributed by atoms with van der Waals surface area (Å²) in [6.45, 7) is 5.43. The number of H-pyrrole nitrogens is 1. The second-order valence-corrected chi connectivity index (χ2v) is 6.16. The fourth-order valence-corrected chi connectivity index (χ4v) is 3.22. The second-order valence-electron chi connectivity index (χ2n) is 6.16. The third-order valence-electron chi connectivity index (χ3n) is 4.24. The summed E-state index contributed by atoms with van der Waals surface area (Å²) in [6.07, 6.45) is 0. The number of anilines is 1. The molecule has 3 rings (SSSR count). The standard InChI is InChI=1S/C15H23N5/c1-10-7-20(8-14(10)19(2)3)9-15-17-12-5-4-11(16)6-13(12)18-15/h4-6,10,14H,7-9,16H2,1-3H3,(H,17,18). The molecule has 0 amide bonds. The van der Waals surface area contributed by atoms with Crippen LogP contribution in [0.1, 0.15) is 12.7 Å². The Labute approximate surface area is 119 Å². The van der Waals surface area contributed by atoms with Crippen molar-refractivity contribution in [1.82, 2.24) is 19.8 Å². The van der Waals surface area contributed by atoms with E-state index in [1.807, 2.05) is 18.2 Å². The van der Waals surface area contributed by atoms with Gasteiger partial charge in [0, 0.05) is 24.8 Å². The Morgan fingerprint density at radius 1 is 1.40 bits per heavy atom. The van der Waals surface area contributed by atoms with Crippen LogP contribution in [-0.4, -0.2) is 53.0 Å². The molecule has 1 aliphatic heterocycles. The van der Waals surface area contributed by atoms with Crippen LogP contribution in [0.4, 0.5) is 5.69 Å². The highest BCUT2D eigenvalue weighted by atomic mass is 15.2. The summed E-state index contributed by atoms with van der Waals surface area (Å²) in [7, 11) is 4.32. The van der Waals surface area contributed by atoms with Gasteiger partial charge in [-0.1, -0.05) is 6.92 Å². The second kappa shape index (κ2) is 5.07. The topological polar surface area (TPSA) is 61.2 Å². The molecule has 1 aliphatic rings. The van der Waals surface area contributed by atoms with Crippen molar-refractivity contribution in [2.75, 3.05) is 32.9 Å². The van der Waals surface area contributed by atoms with Gasteiger partial charge in [0.25, 0.3) is 0 Å². The normalized spacial score (nSPS) is 24.0. The molecule has 0 saturated carbocycles. The number of nitrogens with zero attached hydrogens (tertiary/aromatic N) is 3. The summed E-state index contributed by atoms with van der Waals surface area (Å²) in [5.41, 5.74) is 8.59. The largest absolute Gasteiger partial charge is 0.399 e. The number of nitrogen functional groups attached to an aromatic ring is 1. The van der Waals surface area contributed by atoms with Crippen LogP contribution >= 0.6 is 0 Å². The van der Waals surface area contributed by atoms with Crippen LogP contribution in [0, 0.1) is 5.92 Å². The zero-order valence-corrected chi connectivity index (χ0v) is 12.4. The predicted molar refractivity (Wildman–Crippen MR) is 82.4 cm³/mol. The number of nitrogens with one attached hydrogen (secondary N) is 1. The van der Waals surface area contributed by atoms with Crippen molar-refractivity contribution in [3.63, 3.8) is 0 Å². The number of benzene rings is 1. The van der Waals surface area contributed by atoms with Crippen LogP contribution in [0.3, 0.4) is 0 Å². The Kier molecular flexibility index (Phi) is 3.40. The van der Waals surface area contributed by atoms with E-state index in [1.54, 1.807) is 0 Å². The Morgan fingerprint density at radius 3 is 2.90 bits per heavy atom. The van der Waals surface area contributed by atoms with E-state index in [9.17, 15) is 0 Å². The maximum absolute atomic E-state index is 5.80. The van der Waals surface area contributed by atoms with Crippen molar-refractivity contribution in [2.24, 2.45) is 5.92 Å². The molecule has 2 unspecified atom stereocenters. The Hall–Kier alpha value is -1.59. The molecule has 2 aromatic rings. The lowest BCUT2D eigenvalue weighted by molar-refractivity contribution is 0.249. The minimum atomic E-state index is 0.634. The monoisotopic (exact) mass is 273 g/mol. The molecule has 0 radical (unpaired) electrons. The smallest absolute Gasteiger partial charge is 0.121 e. The van der Waals surface area contributed by atoms with Gasteiger partial charge in [0.1, 0.15) is 5.82 Å². The number of nitrogens with two attached hydrogens (primary N) is 1. The molecule has 5 nitrogen and oxygen atoms in total. The van der Waals surface area contributed by atoms with Crippen LogP contribution in [0.2, 0.25) is 0 Å². The summed E-state index contributed by atoms with van der Waals surface area (Å²) in [6, 6.07) is 6.45. The third kappa shape index (κ3) is 2.51. The van der Waals surface area contributed by atoms with E-state index in [2.05, 4.69) is 40.8 Å². The number of aromatic nitrogens is 2. The van der Waals surface area contributed by atoms with E-state index < -0.39 is 0 Å². The SMILES string of the molecule is CC1CN(Cc2nc3ccc(N)cc3[nH]2)CC1N(C)C. The molecular weight excluding hydrogens is 250 g/mol. The molecule has 2 atom stereocenters. The quantitative estimate of drug-likeness (QED) is 0.833. The molecule has 1 aromatic heterocycles. The van der Waals surface area contributed by atoms with E-state index in [0.717, 1.165) is 42.2 Å². The predicted octanol–water partition coefficient (Wildman–Crippen LogP) is 1.53. The zero-order valence-electron chi connectivity index (χ0n) is 12.4. The number of hydrogen-bond acceptors (Lipinski definition) is 4. The molecule has 1 saturated heterocycles. The lowest BCUT2D eigenvalue weighted by atomic mass is 10.1. The van der Waals surface area contributed by atoms with Crippen LogP contribution < -0.4 is 5.73 Å². The average Bonchev–Trinajstić information content (AvgIpc) is 2.92. The van der Waals surface area contributed by atoms with Gasteiger partial charge in [0.2, 0.25) is 0 Å². The number of hydrogen-bond donors (Lipinski definition) is 2. The maximum Gasteiger partial charge on any atom is 0.121 e. The molecule has 3 N–H and O–H groups in total. The third-order valence-corrected chi connectivity index (χ3v) is 4.24. The average molecular weight is 273 g/mol. The van der Waals surface area contributed by atoms with Crippen LogP contribution in [0.25, 0.3) is 11.0 Å². The van der Waals surface area contributed by atoms with E-state index >= 15 is 0 Å². The van der Waals surface area contributed by atoms with Gasteiger partial charge in [-0.15, -0.1) is 0 Å². The first-order chi connectivity index (χ1) is 9.52. The van der Waals surface area contributed by atoms with Crippen molar-refractivity contribution in [3.8, 4) is 0 Å². The fraction of sp³-hybridized carbons (Fsp3) is 0.533. The summed E-state index contributed by atoms with van der Waals surface area (Å²) >= 11 is 0. The van der Waals surface area contributed by atoms with Crippen LogP contribution in [0.5, 0.6) is 0 Å². The number of aromatic amines is 1. The van der Waals surface area contributed by atoms with Gasteiger partial charge in [-0.2, -0.15) is 0 Å². The molecular formula is C15H23N5. The highest BCUT2D eigenvalue weighted by molar-refractivity contribution is 5.78. The Bertz CT molecular complexity index is 603. The molecule has 2 heterocycles. The van der Waals surface area contributed by atoms with Gasteiger partial charge < -0.3 is 15.6 Å². The van der Waals surface area contributed by atoms with Crippen molar-refractivity contribution in [1.29, 1.82) is 0 Å². The molecule has 0 aliphatic carbocycles. The Morgan fingerprint density at radius 2 is 2.20 bits per heavy atom. The molecule has 1 fully saturated rings. The molecule has 0 bridgehead atoms. The molecule has 0 spiro atoms. The first-order valence-corrected chi connectivity index (χ1v) is 7.16. The molecule has 20 heavy (non-hydrogen) atoms. The number of rotatable bonds is 3. The van der Waals surface area contributed by atoms with Gasteiger partial charge in [-0.05, 0) is 38.2 Å². The van der Waals surface area contributed by atoms with E-state index in [4.69, 9.17) is 5.73 Å².